The highest BCUT2D eigenvalue weighted by Crippen LogP contribution is 2.22. The first-order valence-corrected chi connectivity index (χ1v) is 9.13. The zero-order valence-corrected chi connectivity index (χ0v) is 15.9. The molecule has 0 aromatic heterocycles. The molecule has 0 radical (unpaired) electrons. The van der Waals surface area contributed by atoms with Crippen molar-refractivity contribution >= 4 is 45.3 Å². The van der Waals surface area contributed by atoms with Crippen molar-refractivity contribution in [2.24, 2.45) is 0 Å². The SMILES string of the molecule is Cc1cc(Br)ccc1NC(=O)COC(=O)CSc1ccccc1C. The highest BCUT2D eigenvalue weighted by atomic mass is 79.9. The van der Waals surface area contributed by atoms with E-state index in [-0.39, 0.29) is 18.3 Å². The first-order chi connectivity index (χ1) is 11.5. The third-order valence-corrected chi connectivity index (χ3v) is 4.91. The molecule has 2 rings (SSSR count). The number of hydrogen-bond donors (Lipinski definition) is 1. The zero-order chi connectivity index (χ0) is 17.5. The van der Waals surface area contributed by atoms with Crippen LogP contribution in [0.15, 0.2) is 51.8 Å². The minimum absolute atomic E-state index is 0.176. The second kappa shape index (κ2) is 8.89. The summed E-state index contributed by atoms with van der Waals surface area (Å²) >= 11 is 4.77. The van der Waals surface area contributed by atoms with Crippen LogP contribution in [-0.2, 0) is 14.3 Å². The smallest absolute Gasteiger partial charge is 0.316 e. The summed E-state index contributed by atoms with van der Waals surface area (Å²) in [5.41, 5.74) is 2.74. The second-order valence-corrected chi connectivity index (χ2v) is 7.16. The third kappa shape index (κ3) is 5.69. The number of hydrogen-bond acceptors (Lipinski definition) is 4. The molecule has 0 saturated heterocycles. The van der Waals surface area contributed by atoms with E-state index in [4.69, 9.17) is 4.74 Å². The van der Waals surface area contributed by atoms with Gasteiger partial charge in [0.1, 0.15) is 0 Å². The van der Waals surface area contributed by atoms with E-state index in [2.05, 4.69) is 21.2 Å². The lowest BCUT2D eigenvalue weighted by atomic mass is 10.2. The van der Waals surface area contributed by atoms with Crippen molar-refractivity contribution in [2.45, 2.75) is 18.7 Å². The molecule has 0 fully saturated rings. The van der Waals surface area contributed by atoms with E-state index in [0.717, 1.165) is 20.5 Å². The van der Waals surface area contributed by atoms with Gasteiger partial charge in [-0.3, -0.25) is 9.59 Å². The fourth-order valence-corrected chi connectivity index (χ4v) is 3.30. The predicted molar refractivity (Wildman–Crippen MR) is 100 cm³/mol. The molecule has 4 nitrogen and oxygen atoms in total. The molecule has 2 aromatic rings. The van der Waals surface area contributed by atoms with Crippen LogP contribution in [0.1, 0.15) is 11.1 Å². The summed E-state index contributed by atoms with van der Waals surface area (Å²) in [4.78, 5) is 24.7. The van der Waals surface area contributed by atoms with Crippen LogP contribution in [0.4, 0.5) is 5.69 Å². The number of nitrogens with one attached hydrogen (secondary N) is 1. The maximum atomic E-state index is 11.9. The van der Waals surface area contributed by atoms with E-state index in [0.29, 0.717) is 5.69 Å². The number of amides is 1. The first-order valence-electron chi connectivity index (χ1n) is 7.36. The standard InChI is InChI=1S/C18H18BrNO3S/c1-12-5-3-4-6-16(12)24-11-18(22)23-10-17(21)20-15-8-7-14(19)9-13(15)2/h3-9H,10-11H2,1-2H3,(H,20,21). The summed E-state index contributed by atoms with van der Waals surface area (Å²) in [5.74, 6) is -0.587. The molecule has 6 heteroatoms. The van der Waals surface area contributed by atoms with Gasteiger partial charge in [0.25, 0.3) is 5.91 Å². The Morgan fingerprint density at radius 1 is 1.12 bits per heavy atom. The summed E-state index contributed by atoms with van der Waals surface area (Å²) in [7, 11) is 0. The lowest BCUT2D eigenvalue weighted by molar-refractivity contribution is -0.144. The van der Waals surface area contributed by atoms with Crippen LogP contribution < -0.4 is 5.32 Å². The molecule has 0 spiro atoms. The van der Waals surface area contributed by atoms with Gasteiger partial charge in [-0.15, -0.1) is 11.8 Å². The van der Waals surface area contributed by atoms with E-state index in [1.165, 1.54) is 11.8 Å². The van der Waals surface area contributed by atoms with Crippen molar-refractivity contribution in [2.75, 3.05) is 17.7 Å². The van der Waals surface area contributed by atoms with Crippen LogP contribution in [-0.4, -0.2) is 24.2 Å². The van der Waals surface area contributed by atoms with Gasteiger partial charge in [0, 0.05) is 15.1 Å². The fraction of sp³-hybridized carbons (Fsp3) is 0.222. The second-order valence-electron chi connectivity index (χ2n) is 5.22. The van der Waals surface area contributed by atoms with Crippen LogP contribution in [0.3, 0.4) is 0 Å². The molecule has 0 bridgehead atoms. The van der Waals surface area contributed by atoms with Crippen molar-refractivity contribution in [1.29, 1.82) is 0 Å². The van der Waals surface area contributed by atoms with Gasteiger partial charge in [-0.05, 0) is 49.2 Å². The number of benzene rings is 2. The average Bonchev–Trinajstić information content (AvgIpc) is 2.55. The quantitative estimate of drug-likeness (QED) is 0.571. The Labute approximate surface area is 154 Å². The van der Waals surface area contributed by atoms with E-state index >= 15 is 0 Å². The summed E-state index contributed by atoms with van der Waals surface area (Å²) < 4.78 is 5.96. The van der Waals surface area contributed by atoms with Crippen LogP contribution in [0.25, 0.3) is 0 Å². The van der Waals surface area contributed by atoms with E-state index < -0.39 is 5.97 Å². The molecule has 1 amide bonds. The number of thioether (sulfide) groups is 1. The number of ether oxygens (including phenoxy) is 1. The van der Waals surface area contributed by atoms with Crippen molar-refractivity contribution in [3.05, 3.63) is 58.1 Å². The molecule has 2 aromatic carbocycles. The molecule has 0 saturated carbocycles. The number of halogens is 1. The van der Waals surface area contributed by atoms with Gasteiger partial charge in [0.2, 0.25) is 0 Å². The van der Waals surface area contributed by atoms with E-state index in [1.807, 2.05) is 50.2 Å². The number of anilines is 1. The summed E-state index contributed by atoms with van der Waals surface area (Å²) in [6.45, 7) is 3.59. The monoisotopic (exact) mass is 407 g/mol. The normalized spacial score (nSPS) is 10.3. The summed E-state index contributed by atoms with van der Waals surface area (Å²) in [6.07, 6.45) is 0. The number of carbonyl (C=O) groups is 2. The predicted octanol–water partition coefficient (Wildman–Crippen LogP) is 4.34. The lowest BCUT2D eigenvalue weighted by Crippen LogP contribution is -2.22. The van der Waals surface area contributed by atoms with Crippen LogP contribution in [0.2, 0.25) is 0 Å². The lowest BCUT2D eigenvalue weighted by Gasteiger charge is -2.09. The Bertz CT molecular complexity index is 749. The molecule has 1 N–H and O–H groups in total. The van der Waals surface area contributed by atoms with Gasteiger partial charge in [-0.25, -0.2) is 0 Å². The molecule has 0 aliphatic heterocycles. The molecule has 0 unspecified atom stereocenters. The topological polar surface area (TPSA) is 55.4 Å². The number of esters is 1. The minimum Gasteiger partial charge on any atom is -0.455 e. The van der Waals surface area contributed by atoms with E-state index in [9.17, 15) is 9.59 Å². The maximum Gasteiger partial charge on any atom is 0.316 e. The summed E-state index contributed by atoms with van der Waals surface area (Å²) in [6, 6.07) is 13.4. The van der Waals surface area contributed by atoms with Gasteiger partial charge in [-0.2, -0.15) is 0 Å². The first kappa shape index (κ1) is 18.5. The third-order valence-electron chi connectivity index (χ3n) is 3.27. The maximum absolute atomic E-state index is 11.9. The van der Waals surface area contributed by atoms with Gasteiger partial charge in [-0.1, -0.05) is 34.1 Å². The van der Waals surface area contributed by atoms with Crippen LogP contribution in [0, 0.1) is 13.8 Å². The van der Waals surface area contributed by atoms with Crippen LogP contribution in [0.5, 0.6) is 0 Å². The molecule has 0 heterocycles. The molecular formula is C18H18BrNO3S. The Morgan fingerprint density at radius 2 is 1.88 bits per heavy atom. The molecule has 0 aliphatic rings. The Morgan fingerprint density at radius 3 is 2.58 bits per heavy atom. The highest BCUT2D eigenvalue weighted by Gasteiger charge is 2.10. The fourth-order valence-electron chi connectivity index (χ4n) is 2.00. The Balaban J connectivity index is 1.77. The zero-order valence-electron chi connectivity index (χ0n) is 13.5. The molecule has 24 heavy (non-hydrogen) atoms. The van der Waals surface area contributed by atoms with Crippen molar-refractivity contribution in [3.8, 4) is 0 Å². The Kier molecular flexibility index (Phi) is 6.87. The van der Waals surface area contributed by atoms with Crippen molar-refractivity contribution < 1.29 is 14.3 Å². The van der Waals surface area contributed by atoms with E-state index in [1.54, 1.807) is 6.07 Å². The molecule has 0 aliphatic carbocycles. The van der Waals surface area contributed by atoms with Gasteiger partial charge < -0.3 is 10.1 Å². The minimum atomic E-state index is -0.411. The average molecular weight is 408 g/mol. The number of rotatable bonds is 6. The molecule has 0 atom stereocenters. The largest absolute Gasteiger partial charge is 0.455 e. The highest BCUT2D eigenvalue weighted by molar-refractivity contribution is 9.10. The molecular weight excluding hydrogens is 390 g/mol. The van der Waals surface area contributed by atoms with Crippen molar-refractivity contribution in [1.82, 2.24) is 0 Å². The van der Waals surface area contributed by atoms with Crippen molar-refractivity contribution in [3.63, 3.8) is 0 Å². The summed E-state index contributed by atoms with van der Waals surface area (Å²) in [5, 5.41) is 2.73. The van der Waals surface area contributed by atoms with Gasteiger partial charge in [0.15, 0.2) is 6.61 Å². The van der Waals surface area contributed by atoms with Gasteiger partial charge in [0.05, 0.1) is 5.75 Å². The van der Waals surface area contributed by atoms with Gasteiger partial charge >= 0.3 is 5.97 Å². The number of carbonyl (C=O) groups excluding carboxylic acids is 2. The number of aryl methyl sites for hydroxylation is 2. The van der Waals surface area contributed by atoms with Crippen LogP contribution >= 0.6 is 27.7 Å². The molecule has 126 valence electrons. The Hall–Kier alpha value is -1.79.